The molecular weight excluding hydrogens is 318 g/mol. The highest BCUT2D eigenvalue weighted by Crippen LogP contribution is 2.11. The molecule has 0 aliphatic carbocycles. The van der Waals surface area contributed by atoms with Gasteiger partial charge in [-0.3, -0.25) is 25.0 Å². The van der Waals surface area contributed by atoms with E-state index in [1.165, 1.54) is 16.8 Å². The number of aromatic amines is 1. The van der Waals surface area contributed by atoms with E-state index in [-0.39, 0.29) is 11.5 Å². The van der Waals surface area contributed by atoms with Gasteiger partial charge in [0, 0.05) is 12.7 Å². The zero-order valence-electron chi connectivity index (χ0n) is 12.3. The Bertz CT molecular complexity index is 931. The molecule has 3 N–H and O–H groups in total. The van der Waals surface area contributed by atoms with Gasteiger partial charge in [-0.25, -0.2) is 4.98 Å². The maximum atomic E-state index is 12.4. The van der Waals surface area contributed by atoms with Crippen molar-refractivity contribution >= 4 is 34.4 Å². The third-order valence-electron chi connectivity index (χ3n) is 3.36. The lowest BCUT2D eigenvalue weighted by molar-refractivity contribution is 0.0957. The molecule has 0 spiro atoms. The largest absolute Gasteiger partial charge is 0.356 e. The number of carbonyl (C=O) groups excluding carboxylic acids is 1. The molecule has 0 fully saturated rings. The van der Waals surface area contributed by atoms with Crippen molar-refractivity contribution in [1.82, 2.24) is 20.0 Å². The summed E-state index contributed by atoms with van der Waals surface area (Å²) >= 11 is 5.77. The van der Waals surface area contributed by atoms with Gasteiger partial charge >= 0.3 is 0 Å². The quantitative estimate of drug-likeness (QED) is 0.639. The molecule has 8 heteroatoms. The molecule has 3 rings (SSSR count). The van der Waals surface area contributed by atoms with Crippen molar-refractivity contribution in [1.29, 1.82) is 0 Å². The molecule has 0 bridgehead atoms. The predicted octanol–water partition coefficient (Wildman–Crippen LogP) is 2.15. The fourth-order valence-corrected chi connectivity index (χ4v) is 2.40. The molecule has 23 heavy (non-hydrogen) atoms. The normalized spacial score (nSPS) is 10.7. The molecule has 1 amide bonds. The molecule has 7 nitrogen and oxygen atoms in total. The molecule has 0 saturated carbocycles. The number of rotatable bonds is 4. The molecule has 1 aromatic carbocycles. The van der Waals surface area contributed by atoms with Gasteiger partial charge in [-0.2, -0.15) is 0 Å². The molecule has 118 valence electrons. The van der Waals surface area contributed by atoms with E-state index in [1.54, 1.807) is 24.3 Å². The molecular formula is C15H14ClN5O2. The molecule has 2 heterocycles. The van der Waals surface area contributed by atoms with Crippen LogP contribution in [0.5, 0.6) is 0 Å². The molecule has 0 atom stereocenters. The van der Waals surface area contributed by atoms with E-state index in [1.807, 2.05) is 6.92 Å². The van der Waals surface area contributed by atoms with Gasteiger partial charge in [0.15, 0.2) is 0 Å². The zero-order valence-corrected chi connectivity index (χ0v) is 13.0. The molecule has 0 saturated heterocycles. The van der Waals surface area contributed by atoms with Gasteiger partial charge in [0.05, 0.1) is 15.9 Å². The smallest absolute Gasteiger partial charge is 0.286 e. The first-order chi connectivity index (χ1) is 11.1. The zero-order chi connectivity index (χ0) is 16.4. The number of aromatic nitrogens is 3. The van der Waals surface area contributed by atoms with Gasteiger partial charge in [-0.1, -0.05) is 23.7 Å². The summed E-state index contributed by atoms with van der Waals surface area (Å²) < 4.78 is 1.45. The molecule has 0 radical (unpaired) electrons. The summed E-state index contributed by atoms with van der Waals surface area (Å²) in [5.74, 6) is -0.149. The second-order valence-corrected chi connectivity index (χ2v) is 5.25. The van der Waals surface area contributed by atoms with Crippen LogP contribution < -0.4 is 16.4 Å². The summed E-state index contributed by atoms with van der Waals surface area (Å²) in [6.45, 7) is 2.25. The van der Waals surface area contributed by atoms with Crippen LogP contribution in [0.2, 0.25) is 5.02 Å². The van der Waals surface area contributed by atoms with E-state index in [2.05, 4.69) is 20.8 Å². The van der Waals surface area contributed by atoms with Crippen molar-refractivity contribution in [2.75, 3.05) is 5.43 Å². The molecule has 3 aromatic rings. The molecule has 0 aliphatic heterocycles. The molecule has 2 aromatic heterocycles. The Morgan fingerprint density at radius 3 is 2.87 bits per heavy atom. The summed E-state index contributed by atoms with van der Waals surface area (Å²) in [6.07, 6.45) is 1.51. The van der Waals surface area contributed by atoms with Crippen LogP contribution in [-0.4, -0.2) is 20.4 Å². The molecule has 0 unspecified atom stereocenters. The minimum atomic E-state index is -0.415. The average molecular weight is 332 g/mol. The fraction of sp³-hybridized carbons (Fsp3) is 0.133. The van der Waals surface area contributed by atoms with E-state index in [4.69, 9.17) is 11.6 Å². The third-order valence-corrected chi connectivity index (χ3v) is 3.58. The predicted molar refractivity (Wildman–Crippen MR) is 88.6 cm³/mol. The summed E-state index contributed by atoms with van der Waals surface area (Å²) in [6, 6.07) is 8.55. The first kappa shape index (κ1) is 15.1. The summed E-state index contributed by atoms with van der Waals surface area (Å²) in [5.41, 5.74) is 5.88. The summed E-state index contributed by atoms with van der Waals surface area (Å²) in [5, 5.41) is 0.965. The number of H-pyrrole nitrogens is 1. The van der Waals surface area contributed by atoms with E-state index < -0.39 is 5.91 Å². The van der Waals surface area contributed by atoms with E-state index in [0.29, 0.717) is 28.2 Å². The van der Waals surface area contributed by atoms with Gasteiger partial charge in [-0.15, -0.1) is 0 Å². The number of hydrogen-bond donors (Lipinski definition) is 3. The van der Waals surface area contributed by atoms with Crippen LogP contribution in [0.4, 0.5) is 5.95 Å². The van der Waals surface area contributed by atoms with Crippen LogP contribution in [0.1, 0.15) is 17.4 Å². The number of carbonyl (C=O) groups is 1. The number of para-hydroxylation sites is 1. The Kier molecular flexibility index (Phi) is 4.03. The van der Waals surface area contributed by atoms with Gasteiger partial charge in [-0.05, 0) is 25.1 Å². The van der Waals surface area contributed by atoms with Crippen LogP contribution in [-0.2, 0) is 6.54 Å². The maximum Gasteiger partial charge on any atom is 0.286 e. The van der Waals surface area contributed by atoms with Crippen molar-refractivity contribution in [2.45, 2.75) is 13.5 Å². The Balaban J connectivity index is 1.90. The highest BCUT2D eigenvalue weighted by molar-refractivity contribution is 6.30. The van der Waals surface area contributed by atoms with Gasteiger partial charge in [0.25, 0.3) is 11.5 Å². The lowest BCUT2D eigenvalue weighted by Crippen LogP contribution is -2.34. The van der Waals surface area contributed by atoms with E-state index in [0.717, 1.165) is 0 Å². The van der Waals surface area contributed by atoms with Crippen LogP contribution >= 0.6 is 11.6 Å². The minimum absolute atomic E-state index is 0.169. The second kappa shape index (κ2) is 6.13. The number of nitrogens with one attached hydrogen (secondary N) is 3. The third kappa shape index (κ3) is 2.91. The lowest BCUT2D eigenvalue weighted by Gasteiger charge is -2.13. The van der Waals surface area contributed by atoms with Gasteiger partial charge in [0.1, 0.15) is 5.69 Å². The van der Waals surface area contributed by atoms with Gasteiger partial charge in [0.2, 0.25) is 5.95 Å². The lowest BCUT2D eigenvalue weighted by atomic mass is 10.2. The summed E-state index contributed by atoms with van der Waals surface area (Å²) in [4.78, 5) is 31.6. The number of nitrogens with zero attached hydrogens (tertiary/aromatic N) is 2. The first-order valence-electron chi connectivity index (χ1n) is 7.00. The first-order valence-corrected chi connectivity index (χ1v) is 7.38. The highest BCUT2D eigenvalue weighted by atomic mass is 35.5. The van der Waals surface area contributed by atoms with Crippen LogP contribution in [0, 0.1) is 0 Å². The Morgan fingerprint density at radius 1 is 1.39 bits per heavy atom. The maximum absolute atomic E-state index is 12.4. The second-order valence-electron chi connectivity index (χ2n) is 4.81. The van der Waals surface area contributed by atoms with E-state index in [9.17, 15) is 9.59 Å². The monoisotopic (exact) mass is 331 g/mol. The standard InChI is InChI=1S/C15H14ClN5O2/c1-2-21-14(23)10-5-3-4-6-11(10)18-15(21)20-19-13(22)12-7-9(16)8-17-12/h3-8,17H,2H2,1H3,(H,18,20)(H,19,22). The Morgan fingerprint density at radius 2 is 2.17 bits per heavy atom. The van der Waals surface area contributed by atoms with Crippen LogP contribution in [0.15, 0.2) is 41.3 Å². The summed E-state index contributed by atoms with van der Waals surface area (Å²) in [7, 11) is 0. The van der Waals surface area contributed by atoms with Crippen molar-refractivity contribution in [3.8, 4) is 0 Å². The Hall–Kier alpha value is -2.80. The number of amides is 1. The SMILES string of the molecule is CCn1c(NNC(=O)c2cc(Cl)c[nH]2)nc2ccccc2c1=O. The van der Waals surface area contributed by atoms with Crippen molar-refractivity contribution in [3.05, 3.63) is 57.6 Å². The van der Waals surface area contributed by atoms with Crippen LogP contribution in [0.3, 0.4) is 0 Å². The van der Waals surface area contributed by atoms with Crippen LogP contribution in [0.25, 0.3) is 10.9 Å². The molecule has 0 aliphatic rings. The fourth-order valence-electron chi connectivity index (χ4n) is 2.24. The Labute approximate surface area is 136 Å². The van der Waals surface area contributed by atoms with Crippen molar-refractivity contribution < 1.29 is 4.79 Å². The van der Waals surface area contributed by atoms with E-state index >= 15 is 0 Å². The number of hydrogen-bond acceptors (Lipinski definition) is 4. The number of anilines is 1. The topological polar surface area (TPSA) is 91.8 Å². The van der Waals surface area contributed by atoms with Crippen molar-refractivity contribution in [3.63, 3.8) is 0 Å². The van der Waals surface area contributed by atoms with Gasteiger partial charge < -0.3 is 4.98 Å². The minimum Gasteiger partial charge on any atom is -0.356 e. The highest BCUT2D eigenvalue weighted by Gasteiger charge is 2.12. The number of benzene rings is 1. The van der Waals surface area contributed by atoms with Crippen molar-refractivity contribution in [2.24, 2.45) is 0 Å². The number of hydrazine groups is 1. The average Bonchev–Trinajstić information content (AvgIpc) is 2.99. The number of fused-ring (bicyclic) bond motifs is 1. The number of halogens is 1.